The maximum atomic E-state index is 11.1. The molecule has 0 atom stereocenters. The summed E-state index contributed by atoms with van der Waals surface area (Å²) in [6, 6.07) is 0. The summed E-state index contributed by atoms with van der Waals surface area (Å²) in [6.07, 6.45) is 12.1. The van der Waals surface area contributed by atoms with E-state index >= 15 is 0 Å². The zero-order valence-corrected chi connectivity index (χ0v) is 16.1. The second-order valence-corrected chi connectivity index (χ2v) is 6.75. The van der Waals surface area contributed by atoms with Crippen molar-refractivity contribution in [3.8, 4) is 0 Å². The van der Waals surface area contributed by atoms with Crippen LogP contribution in [0, 0.1) is 0 Å². The quantitative estimate of drug-likeness (QED) is 0.285. The van der Waals surface area contributed by atoms with Crippen LogP contribution in [0.2, 0.25) is 0 Å². The van der Waals surface area contributed by atoms with Crippen LogP contribution in [0.15, 0.2) is 0 Å². The Labute approximate surface area is 148 Å². The maximum absolute atomic E-state index is 11.1. The third-order valence-corrected chi connectivity index (χ3v) is 4.31. The molecule has 0 unspecified atom stereocenters. The summed E-state index contributed by atoms with van der Waals surface area (Å²) in [7, 11) is -3.49. The molecule has 0 saturated heterocycles. The van der Waals surface area contributed by atoms with Crippen molar-refractivity contribution in [1.82, 2.24) is 0 Å². The zero-order valence-electron chi connectivity index (χ0n) is 14.3. The van der Waals surface area contributed by atoms with E-state index in [0.29, 0.717) is 0 Å². The first-order valence-electron chi connectivity index (χ1n) is 7.60. The minimum Gasteiger partial charge on any atom is -1.00 e. The summed E-state index contributed by atoms with van der Waals surface area (Å²) in [5.74, 6) is -0.301. The number of rotatable bonds is 14. The first kappa shape index (κ1) is 23.1. The Morgan fingerprint density at radius 3 is 1.80 bits per heavy atom. The van der Waals surface area contributed by atoms with Gasteiger partial charge < -0.3 is 6.53 Å². The smallest absolute Gasteiger partial charge is 1.00 e. The molecule has 118 valence electrons. The van der Waals surface area contributed by atoms with Crippen LogP contribution in [0.5, 0.6) is 0 Å². The molecule has 0 aromatic heterocycles. The van der Waals surface area contributed by atoms with E-state index in [1.165, 1.54) is 44.9 Å². The van der Waals surface area contributed by atoms with Crippen LogP contribution in [-0.4, -0.2) is 32.5 Å². The van der Waals surface area contributed by atoms with Crippen LogP contribution in [0.25, 0.3) is 0 Å². The van der Waals surface area contributed by atoms with E-state index in [4.69, 9.17) is 9.29 Å². The molecule has 0 heterocycles. The third-order valence-electron chi connectivity index (χ3n) is 3.10. The van der Waals surface area contributed by atoms with Gasteiger partial charge in [0.1, 0.15) is 0 Å². The largest absolute Gasteiger partial charge is 1.00 e. The number of hydrogen-bond acceptors (Lipinski definition) is 4. The Bertz CT molecular complexity index is 287. The van der Waals surface area contributed by atoms with Crippen molar-refractivity contribution in [1.29, 1.82) is 0 Å². The van der Waals surface area contributed by atoms with Crippen LogP contribution >= 0.6 is 0 Å². The van der Waals surface area contributed by atoms with Crippen LogP contribution in [0.4, 0.5) is 0 Å². The third kappa shape index (κ3) is 16.9. The van der Waals surface area contributed by atoms with E-state index in [-0.39, 0.29) is 50.0 Å². The summed E-state index contributed by atoms with van der Waals surface area (Å²) < 4.78 is 27.0. The van der Waals surface area contributed by atoms with Gasteiger partial charge in [0, 0.05) is 0 Å². The molecule has 0 rings (SSSR count). The topological polar surface area (TPSA) is 63.6 Å². The molecule has 0 aliphatic heterocycles. The van der Waals surface area contributed by atoms with Crippen LogP contribution < -0.4 is 29.6 Å². The van der Waals surface area contributed by atoms with Gasteiger partial charge in [0.2, 0.25) is 0 Å². The average Bonchev–Trinajstić information content (AvgIpc) is 2.36. The fourth-order valence-corrected chi connectivity index (χ4v) is 2.66. The predicted octanol–water partition coefficient (Wildman–Crippen LogP) is 0.363. The van der Waals surface area contributed by atoms with Gasteiger partial charge in [-0.3, -0.25) is 4.18 Å². The summed E-state index contributed by atoms with van der Waals surface area (Å²) in [6.45, 7) is 2.10. The van der Waals surface area contributed by atoms with E-state index in [1.54, 1.807) is 0 Å². The number of hydrogen-bond donors (Lipinski definition) is 1. The summed E-state index contributed by atoms with van der Waals surface area (Å²) in [4.78, 5) is 0. The molecule has 0 aromatic rings. The summed E-state index contributed by atoms with van der Waals surface area (Å²) in [5, 5.41) is 8.52. The Hall–Kier alpha value is 0.870. The first-order valence-corrected chi connectivity index (χ1v) is 9.18. The van der Waals surface area contributed by atoms with Crippen molar-refractivity contribution < 1.29 is 48.7 Å². The molecule has 0 spiro atoms. The van der Waals surface area contributed by atoms with Gasteiger partial charge in [-0.05, 0) is 6.42 Å². The molecule has 0 aliphatic rings. The molecule has 0 bridgehead atoms. The molecular formula is C14H31NaO4S. The fourth-order valence-electron chi connectivity index (χ4n) is 1.95. The second-order valence-electron chi connectivity index (χ2n) is 4.99. The van der Waals surface area contributed by atoms with Crippen molar-refractivity contribution in [3.05, 3.63) is 0 Å². The molecule has 0 saturated carbocycles. The Kier molecular flexibility index (Phi) is 18.8. The van der Waals surface area contributed by atoms with Gasteiger partial charge in [0.05, 0.1) is 19.0 Å². The summed E-state index contributed by atoms with van der Waals surface area (Å²) in [5.41, 5.74) is 0. The number of aliphatic hydroxyl groups excluding tert-OH is 1. The number of aliphatic hydroxyl groups is 1. The molecule has 0 aromatic carbocycles. The Balaban J connectivity index is -0.00000162. The van der Waals surface area contributed by atoms with Crippen LogP contribution in [-0.2, 0) is 14.3 Å². The van der Waals surface area contributed by atoms with E-state index in [1.807, 2.05) is 0 Å². The predicted molar refractivity (Wildman–Crippen MR) is 79.8 cm³/mol. The average molecular weight is 318 g/mol. The normalized spacial score (nSPS) is 11.3. The monoisotopic (exact) mass is 318 g/mol. The standard InChI is InChI=1S/C14H30O4S.Na.H/c1-2-3-4-5-6-7-8-9-10-11-13-18-19(16,17)14-12-15;;/h15H,2-14H2,1H3;;/q;+1;-1. The Morgan fingerprint density at radius 2 is 1.35 bits per heavy atom. The van der Waals surface area contributed by atoms with Gasteiger partial charge in [-0.2, -0.15) is 8.42 Å². The Morgan fingerprint density at radius 1 is 0.900 bits per heavy atom. The van der Waals surface area contributed by atoms with Crippen molar-refractivity contribution in [2.45, 2.75) is 71.1 Å². The van der Waals surface area contributed by atoms with Gasteiger partial charge in [-0.1, -0.05) is 64.7 Å². The molecule has 0 radical (unpaired) electrons. The van der Waals surface area contributed by atoms with Gasteiger partial charge >= 0.3 is 29.6 Å². The first-order chi connectivity index (χ1) is 9.12. The molecule has 20 heavy (non-hydrogen) atoms. The molecular weight excluding hydrogens is 287 g/mol. The zero-order chi connectivity index (χ0) is 14.4. The molecule has 1 N–H and O–H groups in total. The van der Waals surface area contributed by atoms with Gasteiger partial charge in [0.25, 0.3) is 10.1 Å². The van der Waals surface area contributed by atoms with Crippen LogP contribution in [0.3, 0.4) is 0 Å². The maximum Gasteiger partial charge on any atom is 1.00 e. The van der Waals surface area contributed by atoms with Crippen molar-refractivity contribution >= 4 is 10.1 Å². The SMILES string of the molecule is CCCCCCCCCCCCOS(=O)(=O)CCO.[H-].[Na+]. The number of unbranched alkanes of at least 4 members (excludes halogenated alkanes) is 9. The van der Waals surface area contributed by atoms with Crippen molar-refractivity contribution in [2.24, 2.45) is 0 Å². The minimum absolute atomic E-state index is 0. The van der Waals surface area contributed by atoms with Crippen LogP contribution in [0.1, 0.15) is 72.6 Å². The second kappa shape index (κ2) is 16.2. The molecule has 0 fully saturated rings. The molecule has 6 heteroatoms. The summed E-state index contributed by atoms with van der Waals surface area (Å²) >= 11 is 0. The minimum atomic E-state index is -3.49. The van der Waals surface area contributed by atoms with Gasteiger partial charge in [0.15, 0.2) is 0 Å². The van der Waals surface area contributed by atoms with Gasteiger partial charge in [-0.15, -0.1) is 0 Å². The fraction of sp³-hybridized carbons (Fsp3) is 1.00. The van der Waals surface area contributed by atoms with Crippen molar-refractivity contribution in [3.63, 3.8) is 0 Å². The van der Waals surface area contributed by atoms with E-state index in [0.717, 1.165) is 19.3 Å². The molecule has 0 aliphatic carbocycles. The van der Waals surface area contributed by atoms with Gasteiger partial charge in [-0.25, -0.2) is 0 Å². The van der Waals surface area contributed by atoms with E-state index in [2.05, 4.69) is 6.92 Å². The molecule has 4 nitrogen and oxygen atoms in total. The van der Waals surface area contributed by atoms with E-state index < -0.39 is 10.1 Å². The van der Waals surface area contributed by atoms with Crippen molar-refractivity contribution in [2.75, 3.05) is 19.0 Å². The van der Waals surface area contributed by atoms with E-state index in [9.17, 15) is 8.42 Å². The molecule has 0 amide bonds.